The largest absolute Gasteiger partial charge is 0.416 e. The molecule has 1 aromatic rings. The average molecular weight is 271 g/mol. The minimum absolute atomic E-state index is 0.202. The van der Waals surface area contributed by atoms with Gasteiger partial charge in [0, 0.05) is 0 Å². The summed E-state index contributed by atoms with van der Waals surface area (Å²) >= 11 is 0. The van der Waals surface area contributed by atoms with E-state index in [0.717, 1.165) is 17.5 Å². The number of hydrogen-bond acceptors (Lipinski definition) is 1. The Bertz CT molecular complexity index is 439. The van der Waals surface area contributed by atoms with E-state index in [1.807, 2.05) is 26.8 Å². The van der Waals surface area contributed by atoms with E-state index in [1.165, 1.54) is 12.1 Å². The SMILES string of the molecule is CC(C)(C)c1cc(C2CC2CN)cc(C(F)(F)F)c1. The Morgan fingerprint density at radius 2 is 1.68 bits per heavy atom. The van der Waals surface area contributed by atoms with E-state index in [2.05, 4.69) is 0 Å². The van der Waals surface area contributed by atoms with Gasteiger partial charge in [0.15, 0.2) is 0 Å². The zero-order chi connectivity index (χ0) is 14.4. The van der Waals surface area contributed by atoms with Gasteiger partial charge in [0.25, 0.3) is 0 Å². The molecule has 0 bridgehead atoms. The number of alkyl halides is 3. The fraction of sp³-hybridized carbons (Fsp3) is 0.600. The van der Waals surface area contributed by atoms with Crippen LogP contribution in [0.2, 0.25) is 0 Å². The highest BCUT2D eigenvalue weighted by Crippen LogP contribution is 2.48. The topological polar surface area (TPSA) is 26.0 Å². The van der Waals surface area contributed by atoms with Crippen LogP contribution < -0.4 is 5.73 Å². The number of halogens is 3. The summed E-state index contributed by atoms with van der Waals surface area (Å²) < 4.78 is 38.9. The Morgan fingerprint density at radius 3 is 2.11 bits per heavy atom. The second-order valence-corrected chi connectivity index (χ2v) is 6.43. The fourth-order valence-corrected chi connectivity index (χ4v) is 2.38. The molecule has 0 aliphatic heterocycles. The smallest absolute Gasteiger partial charge is 0.330 e. The van der Waals surface area contributed by atoms with Crippen LogP contribution in [0.3, 0.4) is 0 Å². The number of benzene rings is 1. The molecule has 1 nitrogen and oxygen atoms in total. The predicted molar refractivity (Wildman–Crippen MR) is 70.0 cm³/mol. The summed E-state index contributed by atoms with van der Waals surface area (Å²) in [6.45, 7) is 6.34. The first-order valence-electron chi connectivity index (χ1n) is 6.55. The van der Waals surface area contributed by atoms with Crippen molar-refractivity contribution in [2.24, 2.45) is 11.7 Å². The molecule has 19 heavy (non-hydrogen) atoms. The van der Waals surface area contributed by atoms with E-state index in [4.69, 9.17) is 5.73 Å². The summed E-state index contributed by atoms with van der Waals surface area (Å²) in [5, 5.41) is 0. The zero-order valence-corrected chi connectivity index (χ0v) is 11.5. The molecule has 0 heterocycles. The first-order valence-corrected chi connectivity index (χ1v) is 6.55. The van der Waals surface area contributed by atoms with Crippen LogP contribution in [-0.2, 0) is 11.6 Å². The van der Waals surface area contributed by atoms with Crippen molar-refractivity contribution in [3.05, 3.63) is 34.9 Å². The number of hydrogen-bond donors (Lipinski definition) is 1. The van der Waals surface area contributed by atoms with E-state index >= 15 is 0 Å². The van der Waals surface area contributed by atoms with E-state index in [-0.39, 0.29) is 11.3 Å². The lowest BCUT2D eigenvalue weighted by Gasteiger charge is -2.22. The maximum Gasteiger partial charge on any atom is 0.416 e. The summed E-state index contributed by atoms with van der Waals surface area (Å²) in [5.41, 5.74) is 6.28. The molecule has 0 saturated heterocycles. The van der Waals surface area contributed by atoms with Gasteiger partial charge >= 0.3 is 6.18 Å². The van der Waals surface area contributed by atoms with E-state index in [1.54, 1.807) is 0 Å². The molecule has 1 aliphatic rings. The molecule has 0 radical (unpaired) electrons. The van der Waals surface area contributed by atoms with Gasteiger partial charge in [-0.25, -0.2) is 0 Å². The first kappa shape index (κ1) is 14.4. The minimum atomic E-state index is -4.29. The summed E-state index contributed by atoms with van der Waals surface area (Å²) in [7, 11) is 0. The van der Waals surface area contributed by atoms with Crippen LogP contribution in [0.1, 0.15) is 49.8 Å². The standard InChI is InChI=1S/C15H20F3N/c1-14(2,3)11-4-9(13-6-10(13)8-19)5-12(7-11)15(16,17)18/h4-5,7,10,13H,6,8,19H2,1-3H3. The maximum atomic E-state index is 13.0. The van der Waals surface area contributed by atoms with Gasteiger partial charge in [-0.05, 0) is 53.5 Å². The number of nitrogens with two attached hydrogens (primary N) is 1. The van der Waals surface area contributed by atoms with Crippen LogP contribution in [-0.4, -0.2) is 6.54 Å². The summed E-state index contributed by atoms with van der Waals surface area (Å²) in [6, 6.07) is 4.47. The third kappa shape index (κ3) is 3.11. The molecular formula is C15H20F3N. The zero-order valence-electron chi connectivity index (χ0n) is 11.5. The van der Waals surface area contributed by atoms with Gasteiger partial charge in [0.05, 0.1) is 5.56 Å². The van der Waals surface area contributed by atoms with Gasteiger partial charge in [0.1, 0.15) is 0 Å². The Balaban J connectivity index is 2.44. The van der Waals surface area contributed by atoms with Gasteiger partial charge in [-0.15, -0.1) is 0 Å². The highest BCUT2D eigenvalue weighted by molar-refractivity contribution is 5.39. The normalized spacial score (nSPS) is 23.5. The van der Waals surface area contributed by atoms with Crippen molar-refractivity contribution in [2.45, 2.75) is 44.7 Å². The molecule has 2 unspecified atom stereocenters. The molecule has 2 rings (SSSR count). The lowest BCUT2D eigenvalue weighted by Crippen LogP contribution is -2.15. The third-order valence-corrected chi connectivity index (χ3v) is 3.80. The molecule has 4 heteroatoms. The van der Waals surface area contributed by atoms with Crippen LogP contribution in [0.5, 0.6) is 0 Å². The quantitative estimate of drug-likeness (QED) is 0.862. The van der Waals surface area contributed by atoms with Crippen molar-refractivity contribution >= 4 is 0 Å². The molecule has 0 spiro atoms. The van der Waals surface area contributed by atoms with Crippen LogP contribution >= 0.6 is 0 Å². The molecule has 2 N–H and O–H groups in total. The Hall–Kier alpha value is -1.03. The van der Waals surface area contributed by atoms with Crippen molar-refractivity contribution in [3.8, 4) is 0 Å². The molecule has 1 aliphatic carbocycles. The second kappa shape index (κ2) is 4.51. The van der Waals surface area contributed by atoms with Gasteiger partial charge in [0.2, 0.25) is 0 Å². The summed E-state index contributed by atoms with van der Waals surface area (Å²) in [6.07, 6.45) is -3.38. The van der Waals surface area contributed by atoms with Crippen molar-refractivity contribution in [1.82, 2.24) is 0 Å². The number of rotatable bonds is 2. The Labute approximate surface area is 112 Å². The third-order valence-electron chi connectivity index (χ3n) is 3.80. The fourth-order valence-electron chi connectivity index (χ4n) is 2.38. The van der Waals surface area contributed by atoms with Gasteiger partial charge in [-0.2, -0.15) is 13.2 Å². The van der Waals surface area contributed by atoms with Crippen molar-refractivity contribution in [3.63, 3.8) is 0 Å². The molecule has 0 aromatic heterocycles. The van der Waals surface area contributed by atoms with Crippen LogP contribution in [0.15, 0.2) is 18.2 Å². The van der Waals surface area contributed by atoms with Crippen molar-refractivity contribution < 1.29 is 13.2 Å². The van der Waals surface area contributed by atoms with Gasteiger partial charge in [-0.1, -0.05) is 26.8 Å². The maximum absolute atomic E-state index is 13.0. The molecule has 1 saturated carbocycles. The van der Waals surface area contributed by atoms with Crippen molar-refractivity contribution in [2.75, 3.05) is 6.54 Å². The van der Waals surface area contributed by atoms with E-state index in [9.17, 15) is 13.2 Å². The Kier molecular flexibility index (Phi) is 3.42. The van der Waals surface area contributed by atoms with E-state index in [0.29, 0.717) is 12.5 Å². The van der Waals surface area contributed by atoms with Gasteiger partial charge in [-0.3, -0.25) is 0 Å². The lowest BCUT2D eigenvalue weighted by atomic mass is 9.84. The minimum Gasteiger partial charge on any atom is -0.330 e. The first-order chi connectivity index (χ1) is 8.63. The Morgan fingerprint density at radius 1 is 1.11 bits per heavy atom. The average Bonchev–Trinajstić information content (AvgIpc) is 3.05. The molecular weight excluding hydrogens is 251 g/mol. The van der Waals surface area contributed by atoms with Crippen molar-refractivity contribution in [1.29, 1.82) is 0 Å². The molecule has 0 amide bonds. The highest BCUT2D eigenvalue weighted by Gasteiger charge is 2.39. The highest BCUT2D eigenvalue weighted by atomic mass is 19.4. The molecule has 1 fully saturated rings. The van der Waals surface area contributed by atoms with Crippen LogP contribution in [0, 0.1) is 5.92 Å². The lowest BCUT2D eigenvalue weighted by molar-refractivity contribution is -0.137. The van der Waals surface area contributed by atoms with Crippen LogP contribution in [0.4, 0.5) is 13.2 Å². The second-order valence-electron chi connectivity index (χ2n) is 6.43. The van der Waals surface area contributed by atoms with Crippen LogP contribution in [0.25, 0.3) is 0 Å². The predicted octanol–water partition coefficient (Wildman–Crippen LogP) is 4.07. The summed E-state index contributed by atoms with van der Waals surface area (Å²) in [5.74, 6) is 0.546. The molecule has 106 valence electrons. The molecule has 1 aromatic carbocycles. The molecule has 2 atom stereocenters. The van der Waals surface area contributed by atoms with E-state index < -0.39 is 11.7 Å². The monoisotopic (exact) mass is 271 g/mol. The van der Waals surface area contributed by atoms with Gasteiger partial charge < -0.3 is 5.73 Å². The summed E-state index contributed by atoms with van der Waals surface area (Å²) in [4.78, 5) is 0.